The Bertz CT molecular complexity index is 928. The lowest BCUT2D eigenvalue weighted by molar-refractivity contribution is 0.600. The Morgan fingerprint density at radius 2 is 1.96 bits per heavy atom. The minimum absolute atomic E-state index is 0.0218. The summed E-state index contributed by atoms with van der Waals surface area (Å²) < 4.78 is 28.8. The fraction of sp³-hybridized carbons (Fsp3) is 0. The third kappa shape index (κ3) is 3.44. The van der Waals surface area contributed by atoms with E-state index in [-0.39, 0.29) is 15.7 Å². The van der Waals surface area contributed by atoms with Gasteiger partial charge in [0.1, 0.15) is 22.7 Å². The van der Waals surface area contributed by atoms with Gasteiger partial charge in [0, 0.05) is 11.2 Å². The fourth-order valence-electron chi connectivity index (χ4n) is 1.85. The van der Waals surface area contributed by atoms with Crippen molar-refractivity contribution in [1.82, 2.24) is 19.7 Å². The Kier molecular flexibility index (Phi) is 4.20. The number of hydrogen-bond acceptors (Lipinski definition) is 5. The molecule has 23 heavy (non-hydrogen) atoms. The van der Waals surface area contributed by atoms with Gasteiger partial charge < -0.3 is 0 Å². The highest BCUT2D eigenvalue weighted by Crippen LogP contribution is 2.26. The monoisotopic (exact) mass is 369 g/mol. The summed E-state index contributed by atoms with van der Waals surface area (Å²) >= 11 is 11.6. The number of halogens is 2. The van der Waals surface area contributed by atoms with Crippen molar-refractivity contribution < 1.29 is 8.42 Å². The maximum atomic E-state index is 12.5. The topological polar surface area (TPSA) is 89.8 Å². The Morgan fingerprint density at radius 3 is 2.61 bits per heavy atom. The molecule has 1 N–H and O–H groups in total. The first-order valence-corrected chi connectivity index (χ1v) is 8.48. The van der Waals surface area contributed by atoms with Crippen molar-refractivity contribution in [2.75, 3.05) is 4.72 Å². The highest BCUT2D eigenvalue weighted by molar-refractivity contribution is 7.92. The van der Waals surface area contributed by atoms with Gasteiger partial charge in [-0.05, 0) is 30.3 Å². The Labute approximate surface area is 142 Å². The average Bonchev–Trinajstić information content (AvgIpc) is 3.01. The zero-order valence-corrected chi connectivity index (χ0v) is 13.7. The van der Waals surface area contributed by atoms with Crippen molar-refractivity contribution in [3.63, 3.8) is 0 Å². The molecule has 0 atom stereocenters. The van der Waals surface area contributed by atoms with E-state index in [1.807, 2.05) is 0 Å². The molecule has 10 heteroatoms. The molecule has 0 amide bonds. The van der Waals surface area contributed by atoms with Gasteiger partial charge in [-0.2, -0.15) is 5.10 Å². The minimum Gasteiger partial charge on any atom is -0.277 e. The van der Waals surface area contributed by atoms with Crippen molar-refractivity contribution in [2.24, 2.45) is 0 Å². The molecule has 0 aliphatic rings. The molecule has 3 aromatic rings. The maximum Gasteiger partial charge on any atom is 0.263 e. The zero-order chi connectivity index (χ0) is 16.4. The molecule has 0 aliphatic heterocycles. The Hall–Kier alpha value is -2.16. The van der Waals surface area contributed by atoms with Crippen molar-refractivity contribution >= 4 is 38.9 Å². The van der Waals surface area contributed by atoms with Crippen LogP contribution in [0.2, 0.25) is 10.2 Å². The van der Waals surface area contributed by atoms with Crippen LogP contribution in [0.4, 0.5) is 5.69 Å². The van der Waals surface area contributed by atoms with E-state index in [1.54, 1.807) is 12.1 Å². The van der Waals surface area contributed by atoms with Crippen molar-refractivity contribution in [2.45, 2.75) is 4.90 Å². The zero-order valence-electron chi connectivity index (χ0n) is 11.4. The SMILES string of the molecule is O=S(=O)(Nc1cc(Cl)ccc1-n1cncn1)c1ccc(Cl)nc1. The van der Waals surface area contributed by atoms with Gasteiger partial charge in [0.05, 0.1) is 11.4 Å². The second-order valence-electron chi connectivity index (χ2n) is 4.42. The predicted molar refractivity (Wildman–Crippen MR) is 86.4 cm³/mol. The van der Waals surface area contributed by atoms with Crippen molar-refractivity contribution in [1.29, 1.82) is 0 Å². The molecule has 0 saturated carbocycles. The molecule has 0 bridgehead atoms. The van der Waals surface area contributed by atoms with E-state index >= 15 is 0 Å². The fourth-order valence-corrected chi connectivity index (χ4v) is 3.14. The minimum atomic E-state index is -3.85. The molecule has 7 nitrogen and oxygen atoms in total. The second-order valence-corrected chi connectivity index (χ2v) is 6.93. The number of benzene rings is 1. The van der Waals surface area contributed by atoms with Crippen molar-refractivity contribution in [3.05, 3.63) is 59.4 Å². The smallest absolute Gasteiger partial charge is 0.263 e. The van der Waals surface area contributed by atoms with E-state index in [0.717, 1.165) is 0 Å². The van der Waals surface area contributed by atoms with Gasteiger partial charge in [0.25, 0.3) is 10.0 Å². The van der Waals surface area contributed by atoms with E-state index in [4.69, 9.17) is 23.2 Å². The lowest BCUT2D eigenvalue weighted by atomic mass is 10.3. The summed E-state index contributed by atoms with van der Waals surface area (Å²) in [6.45, 7) is 0. The second kappa shape index (κ2) is 6.15. The molecular formula is C13H9Cl2N5O2S. The Morgan fingerprint density at radius 1 is 1.13 bits per heavy atom. The normalized spacial score (nSPS) is 11.4. The predicted octanol–water partition coefficient (Wildman–Crippen LogP) is 2.77. The molecule has 0 unspecified atom stereocenters. The van der Waals surface area contributed by atoms with Crippen LogP contribution < -0.4 is 4.72 Å². The average molecular weight is 370 g/mol. The molecule has 0 fully saturated rings. The van der Waals surface area contributed by atoms with Crippen LogP contribution in [0.1, 0.15) is 0 Å². The van der Waals surface area contributed by atoms with Gasteiger partial charge in [0.2, 0.25) is 0 Å². The summed E-state index contributed by atoms with van der Waals surface area (Å²) in [5, 5.41) is 4.57. The standard InChI is InChI=1S/C13H9Cl2N5O2S/c14-9-1-3-12(20-8-16-7-18-20)11(5-9)19-23(21,22)10-2-4-13(15)17-6-10/h1-8,19H. The number of pyridine rings is 1. The van der Waals surface area contributed by atoms with Gasteiger partial charge in [-0.25, -0.2) is 23.1 Å². The molecule has 3 rings (SSSR count). The first-order chi connectivity index (χ1) is 11.0. The number of sulfonamides is 1. The van der Waals surface area contributed by atoms with Crippen LogP contribution >= 0.6 is 23.2 Å². The van der Waals surface area contributed by atoms with Gasteiger partial charge in [-0.3, -0.25) is 4.72 Å². The van der Waals surface area contributed by atoms with Crippen LogP contribution in [0.5, 0.6) is 0 Å². The van der Waals surface area contributed by atoms with Gasteiger partial charge in [-0.15, -0.1) is 0 Å². The van der Waals surface area contributed by atoms with Crippen LogP contribution in [-0.4, -0.2) is 28.2 Å². The molecule has 2 heterocycles. The van der Waals surface area contributed by atoms with Crippen LogP contribution in [0.15, 0.2) is 54.1 Å². The van der Waals surface area contributed by atoms with Gasteiger partial charge >= 0.3 is 0 Å². The number of nitrogens with zero attached hydrogens (tertiary/aromatic N) is 4. The number of rotatable bonds is 4. The third-order valence-electron chi connectivity index (χ3n) is 2.88. The Balaban J connectivity index is 2.02. The summed E-state index contributed by atoms with van der Waals surface area (Å²) in [5.74, 6) is 0. The van der Waals surface area contributed by atoms with E-state index in [9.17, 15) is 8.42 Å². The summed E-state index contributed by atoms with van der Waals surface area (Å²) in [4.78, 5) is 7.59. The van der Waals surface area contributed by atoms with E-state index in [0.29, 0.717) is 10.7 Å². The number of anilines is 1. The number of nitrogens with one attached hydrogen (secondary N) is 1. The van der Waals surface area contributed by atoms with E-state index < -0.39 is 10.0 Å². The van der Waals surface area contributed by atoms with Crippen LogP contribution in [0, 0.1) is 0 Å². The number of aromatic nitrogens is 4. The molecule has 0 radical (unpaired) electrons. The quantitative estimate of drug-likeness (QED) is 0.714. The molecule has 0 spiro atoms. The van der Waals surface area contributed by atoms with Gasteiger partial charge in [0.15, 0.2) is 0 Å². The van der Waals surface area contributed by atoms with Crippen LogP contribution in [0.25, 0.3) is 5.69 Å². The molecular weight excluding hydrogens is 361 g/mol. The van der Waals surface area contributed by atoms with Crippen LogP contribution in [0.3, 0.4) is 0 Å². The summed E-state index contributed by atoms with van der Waals surface area (Å²) in [7, 11) is -3.85. The number of hydrogen-bond donors (Lipinski definition) is 1. The summed E-state index contributed by atoms with van der Waals surface area (Å²) in [6, 6.07) is 7.50. The summed E-state index contributed by atoms with van der Waals surface area (Å²) in [6.07, 6.45) is 3.96. The maximum absolute atomic E-state index is 12.5. The third-order valence-corrected chi connectivity index (χ3v) is 4.69. The molecule has 2 aromatic heterocycles. The van der Waals surface area contributed by atoms with Crippen molar-refractivity contribution in [3.8, 4) is 5.69 Å². The first kappa shape index (κ1) is 15.7. The highest BCUT2D eigenvalue weighted by atomic mass is 35.5. The summed E-state index contributed by atoms with van der Waals surface area (Å²) in [5.41, 5.74) is 0.746. The lowest BCUT2D eigenvalue weighted by Crippen LogP contribution is -2.15. The van der Waals surface area contributed by atoms with E-state index in [2.05, 4.69) is 19.8 Å². The van der Waals surface area contributed by atoms with Crippen LogP contribution in [-0.2, 0) is 10.0 Å². The molecule has 0 aliphatic carbocycles. The largest absolute Gasteiger partial charge is 0.277 e. The molecule has 118 valence electrons. The molecule has 1 aromatic carbocycles. The molecule has 0 saturated heterocycles. The lowest BCUT2D eigenvalue weighted by Gasteiger charge is -2.12. The first-order valence-electron chi connectivity index (χ1n) is 6.25. The van der Waals surface area contributed by atoms with Gasteiger partial charge in [-0.1, -0.05) is 23.2 Å². The highest BCUT2D eigenvalue weighted by Gasteiger charge is 2.18. The van der Waals surface area contributed by atoms with E-state index in [1.165, 1.54) is 41.7 Å².